The summed E-state index contributed by atoms with van der Waals surface area (Å²) in [6, 6.07) is 6.29. The van der Waals surface area contributed by atoms with Gasteiger partial charge in [-0.15, -0.1) is 0 Å². The Morgan fingerprint density at radius 3 is 2.46 bits per heavy atom. The molecular weight excluding hydrogens is 311 g/mol. The largest absolute Gasteiger partial charge is 0.444 e. The predicted molar refractivity (Wildman–Crippen MR) is 91.1 cm³/mol. The molecule has 7 heteroatoms. The maximum Gasteiger partial charge on any atom is 0.410 e. The van der Waals surface area contributed by atoms with Crippen molar-refractivity contribution < 1.29 is 13.9 Å². The highest BCUT2D eigenvalue weighted by Crippen LogP contribution is 2.12. The van der Waals surface area contributed by atoms with Gasteiger partial charge in [-0.25, -0.2) is 14.2 Å². The fourth-order valence-electron chi connectivity index (χ4n) is 2.35. The minimum atomic E-state index is -0.500. The van der Waals surface area contributed by atoms with E-state index in [1.165, 1.54) is 12.1 Å². The van der Waals surface area contributed by atoms with E-state index in [9.17, 15) is 9.18 Å². The van der Waals surface area contributed by atoms with Crippen LogP contribution >= 0.6 is 0 Å². The molecule has 1 aliphatic heterocycles. The number of carbonyl (C=O) groups is 1. The Kier molecular flexibility index (Phi) is 5.64. The topological polar surface area (TPSA) is 71.2 Å². The second-order valence-corrected chi connectivity index (χ2v) is 6.76. The Morgan fingerprint density at radius 2 is 1.88 bits per heavy atom. The predicted octanol–water partition coefficient (Wildman–Crippen LogP) is 2.19. The van der Waals surface area contributed by atoms with Gasteiger partial charge in [-0.1, -0.05) is 12.1 Å². The number of nitrogens with two attached hydrogens (primary N) is 1. The zero-order chi connectivity index (χ0) is 17.7. The second kappa shape index (κ2) is 7.51. The average Bonchev–Trinajstić information content (AvgIpc) is 2.51. The molecule has 0 bridgehead atoms. The lowest BCUT2D eigenvalue weighted by atomic mass is 10.2. The van der Waals surface area contributed by atoms with Gasteiger partial charge in [0.1, 0.15) is 11.4 Å². The van der Waals surface area contributed by atoms with E-state index in [2.05, 4.69) is 4.99 Å². The molecule has 2 rings (SSSR count). The number of aliphatic imine (C=N–C) groups is 1. The number of hydrogen-bond donors (Lipinski definition) is 1. The van der Waals surface area contributed by atoms with Crippen LogP contribution in [0.1, 0.15) is 26.3 Å². The van der Waals surface area contributed by atoms with Crippen molar-refractivity contribution in [2.24, 2.45) is 10.7 Å². The van der Waals surface area contributed by atoms with Gasteiger partial charge in [0.15, 0.2) is 5.96 Å². The van der Waals surface area contributed by atoms with E-state index in [0.29, 0.717) is 38.7 Å². The lowest BCUT2D eigenvalue weighted by Crippen LogP contribution is -2.53. The first-order chi connectivity index (χ1) is 11.2. The molecule has 0 radical (unpaired) electrons. The number of ether oxygens (including phenoxy) is 1. The SMILES string of the molecule is CC(C)(C)OC(=O)N1CCN(C(N)=NCc2cccc(F)c2)CC1. The van der Waals surface area contributed by atoms with Crippen molar-refractivity contribution in [1.82, 2.24) is 9.80 Å². The highest BCUT2D eigenvalue weighted by atomic mass is 19.1. The van der Waals surface area contributed by atoms with E-state index in [4.69, 9.17) is 10.5 Å². The lowest BCUT2D eigenvalue weighted by Gasteiger charge is -2.36. The Hall–Kier alpha value is -2.31. The number of nitrogens with zero attached hydrogens (tertiary/aromatic N) is 3. The van der Waals surface area contributed by atoms with Crippen molar-refractivity contribution in [3.05, 3.63) is 35.6 Å². The third-order valence-electron chi connectivity index (χ3n) is 3.57. The molecule has 1 aromatic carbocycles. The standard InChI is InChI=1S/C17H25FN4O2/c1-17(2,3)24-16(23)22-9-7-21(8-10-22)15(19)20-12-13-5-4-6-14(18)11-13/h4-6,11H,7-10,12H2,1-3H3,(H2,19,20). The molecule has 24 heavy (non-hydrogen) atoms. The third-order valence-corrected chi connectivity index (χ3v) is 3.57. The average molecular weight is 336 g/mol. The van der Waals surface area contributed by atoms with E-state index < -0.39 is 5.60 Å². The molecule has 1 fully saturated rings. The van der Waals surface area contributed by atoms with Crippen molar-refractivity contribution in [1.29, 1.82) is 0 Å². The molecule has 0 saturated carbocycles. The summed E-state index contributed by atoms with van der Waals surface area (Å²) >= 11 is 0. The monoisotopic (exact) mass is 336 g/mol. The van der Waals surface area contributed by atoms with E-state index in [1.807, 2.05) is 25.7 Å². The zero-order valence-electron chi connectivity index (χ0n) is 14.5. The van der Waals surface area contributed by atoms with Crippen LogP contribution in [-0.2, 0) is 11.3 Å². The molecule has 1 aromatic rings. The van der Waals surface area contributed by atoms with Crippen molar-refractivity contribution in [3.8, 4) is 0 Å². The van der Waals surface area contributed by atoms with Gasteiger partial charge >= 0.3 is 6.09 Å². The number of guanidine groups is 1. The number of piperazine rings is 1. The van der Waals surface area contributed by atoms with Crippen LogP contribution in [0, 0.1) is 5.82 Å². The molecule has 0 unspecified atom stereocenters. The molecule has 0 atom stereocenters. The number of benzene rings is 1. The zero-order valence-corrected chi connectivity index (χ0v) is 14.5. The number of hydrogen-bond acceptors (Lipinski definition) is 3. The van der Waals surface area contributed by atoms with Crippen molar-refractivity contribution >= 4 is 12.1 Å². The Morgan fingerprint density at radius 1 is 1.25 bits per heavy atom. The summed E-state index contributed by atoms with van der Waals surface area (Å²) in [5, 5.41) is 0. The Bertz CT molecular complexity index is 605. The molecule has 0 aromatic heterocycles. The first kappa shape index (κ1) is 18.0. The van der Waals surface area contributed by atoms with Crippen LogP contribution < -0.4 is 5.73 Å². The fourth-order valence-corrected chi connectivity index (χ4v) is 2.35. The summed E-state index contributed by atoms with van der Waals surface area (Å²) < 4.78 is 18.5. The maximum absolute atomic E-state index is 13.1. The minimum Gasteiger partial charge on any atom is -0.444 e. The Labute approximate surface area is 142 Å². The number of carbonyl (C=O) groups excluding carboxylic acids is 1. The van der Waals surface area contributed by atoms with Crippen LogP contribution in [0.25, 0.3) is 0 Å². The molecule has 6 nitrogen and oxygen atoms in total. The molecular formula is C17H25FN4O2. The first-order valence-electron chi connectivity index (χ1n) is 8.02. The summed E-state index contributed by atoms with van der Waals surface area (Å²) in [6.45, 7) is 8.12. The highest BCUT2D eigenvalue weighted by Gasteiger charge is 2.26. The van der Waals surface area contributed by atoms with Gasteiger partial charge in [-0.3, -0.25) is 0 Å². The van der Waals surface area contributed by atoms with Crippen LogP contribution in [0.3, 0.4) is 0 Å². The molecule has 0 aliphatic carbocycles. The van der Waals surface area contributed by atoms with Gasteiger partial charge in [-0.05, 0) is 38.5 Å². The molecule has 2 N–H and O–H groups in total. The van der Waals surface area contributed by atoms with Crippen LogP contribution in [0.2, 0.25) is 0 Å². The van der Waals surface area contributed by atoms with Gasteiger partial charge in [0.2, 0.25) is 0 Å². The van der Waals surface area contributed by atoms with Crippen molar-refractivity contribution in [2.75, 3.05) is 26.2 Å². The van der Waals surface area contributed by atoms with E-state index in [-0.39, 0.29) is 11.9 Å². The summed E-state index contributed by atoms with van der Waals surface area (Å²) in [5.41, 5.74) is 6.27. The number of halogens is 1. The lowest BCUT2D eigenvalue weighted by molar-refractivity contribution is 0.0186. The highest BCUT2D eigenvalue weighted by molar-refractivity contribution is 5.78. The van der Waals surface area contributed by atoms with E-state index >= 15 is 0 Å². The molecule has 1 heterocycles. The number of amides is 1. The normalized spacial score (nSPS) is 16.2. The van der Waals surface area contributed by atoms with Crippen molar-refractivity contribution in [2.45, 2.75) is 32.9 Å². The summed E-state index contributed by atoms with van der Waals surface area (Å²) in [6.07, 6.45) is -0.308. The van der Waals surface area contributed by atoms with Crippen LogP contribution in [0.15, 0.2) is 29.3 Å². The smallest absolute Gasteiger partial charge is 0.410 e. The van der Waals surface area contributed by atoms with Crippen LogP contribution in [-0.4, -0.2) is 53.6 Å². The van der Waals surface area contributed by atoms with Crippen molar-refractivity contribution in [3.63, 3.8) is 0 Å². The molecule has 1 saturated heterocycles. The van der Waals surface area contributed by atoms with Gasteiger partial charge in [0.25, 0.3) is 0 Å². The second-order valence-electron chi connectivity index (χ2n) is 6.76. The third kappa shape index (κ3) is 5.40. The summed E-state index contributed by atoms with van der Waals surface area (Å²) in [5.74, 6) is 0.121. The van der Waals surface area contributed by atoms with Gasteiger partial charge < -0.3 is 20.3 Å². The first-order valence-corrected chi connectivity index (χ1v) is 8.02. The molecule has 0 spiro atoms. The quantitative estimate of drug-likeness (QED) is 0.664. The molecule has 132 valence electrons. The summed E-state index contributed by atoms with van der Waals surface area (Å²) in [4.78, 5) is 19.9. The number of rotatable bonds is 2. The van der Waals surface area contributed by atoms with Crippen LogP contribution in [0.4, 0.5) is 9.18 Å². The van der Waals surface area contributed by atoms with Gasteiger partial charge in [-0.2, -0.15) is 0 Å². The van der Waals surface area contributed by atoms with E-state index in [1.54, 1.807) is 17.0 Å². The fraction of sp³-hybridized carbons (Fsp3) is 0.529. The molecule has 1 amide bonds. The Balaban J connectivity index is 1.85. The summed E-state index contributed by atoms with van der Waals surface area (Å²) in [7, 11) is 0. The van der Waals surface area contributed by atoms with Gasteiger partial charge in [0.05, 0.1) is 6.54 Å². The maximum atomic E-state index is 13.1. The van der Waals surface area contributed by atoms with Gasteiger partial charge in [0, 0.05) is 26.2 Å². The van der Waals surface area contributed by atoms with Crippen LogP contribution in [0.5, 0.6) is 0 Å². The minimum absolute atomic E-state index is 0.285. The molecule has 1 aliphatic rings. The van der Waals surface area contributed by atoms with E-state index in [0.717, 1.165) is 5.56 Å².